The summed E-state index contributed by atoms with van der Waals surface area (Å²) in [6, 6.07) is 1.88. The van der Waals surface area contributed by atoms with Crippen molar-refractivity contribution in [2.75, 3.05) is 6.61 Å². The number of aromatic nitrogens is 2. The molecule has 0 N–H and O–H groups in total. The summed E-state index contributed by atoms with van der Waals surface area (Å²) in [4.78, 5) is 8.89. The molecule has 2 aliphatic rings. The average molecular weight is 297 g/mol. The van der Waals surface area contributed by atoms with Gasteiger partial charge in [-0.25, -0.2) is 4.98 Å². The van der Waals surface area contributed by atoms with Gasteiger partial charge >= 0.3 is 0 Å². The Morgan fingerprint density at radius 1 is 1.18 bits per heavy atom. The topological polar surface area (TPSA) is 35.0 Å². The van der Waals surface area contributed by atoms with E-state index in [4.69, 9.17) is 4.74 Å². The van der Waals surface area contributed by atoms with Crippen molar-refractivity contribution in [3.05, 3.63) is 16.5 Å². The summed E-state index contributed by atoms with van der Waals surface area (Å²) in [7, 11) is 0. The van der Waals surface area contributed by atoms with E-state index in [2.05, 4.69) is 25.9 Å². The molecule has 17 heavy (non-hydrogen) atoms. The lowest BCUT2D eigenvalue weighted by atomic mass is 10.1. The molecule has 0 atom stereocenters. The lowest BCUT2D eigenvalue weighted by Crippen LogP contribution is -2.09. The third-order valence-electron chi connectivity index (χ3n) is 3.57. The van der Waals surface area contributed by atoms with Crippen molar-refractivity contribution in [1.29, 1.82) is 0 Å². The maximum atomic E-state index is 5.81. The molecule has 0 bridgehead atoms. The zero-order chi connectivity index (χ0) is 11.7. The fourth-order valence-electron chi connectivity index (χ4n) is 2.39. The molecule has 2 saturated carbocycles. The predicted molar refractivity (Wildman–Crippen MR) is 69.2 cm³/mol. The second-order valence-electron chi connectivity index (χ2n) is 5.12. The number of nitrogens with zero attached hydrogens (tertiary/aromatic N) is 2. The molecule has 0 unspecified atom stereocenters. The van der Waals surface area contributed by atoms with E-state index in [-0.39, 0.29) is 0 Å². The van der Waals surface area contributed by atoms with Crippen LogP contribution in [0.25, 0.3) is 0 Å². The highest BCUT2D eigenvalue weighted by atomic mass is 79.9. The van der Waals surface area contributed by atoms with Gasteiger partial charge in [-0.15, -0.1) is 0 Å². The Kier molecular flexibility index (Phi) is 3.32. The molecule has 0 spiro atoms. The van der Waals surface area contributed by atoms with Gasteiger partial charge in [0.1, 0.15) is 10.4 Å². The van der Waals surface area contributed by atoms with Crippen molar-refractivity contribution in [3.63, 3.8) is 0 Å². The molecule has 1 aromatic rings. The largest absolute Gasteiger partial charge is 0.477 e. The number of halogens is 1. The Morgan fingerprint density at radius 3 is 2.65 bits per heavy atom. The molecule has 0 saturated heterocycles. The van der Waals surface area contributed by atoms with Crippen LogP contribution in [0.2, 0.25) is 0 Å². The van der Waals surface area contributed by atoms with Crippen LogP contribution in [0, 0.1) is 5.92 Å². The molecule has 92 valence electrons. The van der Waals surface area contributed by atoms with E-state index in [1.165, 1.54) is 38.5 Å². The monoisotopic (exact) mass is 296 g/mol. The van der Waals surface area contributed by atoms with Crippen molar-refractivity contribution in [3.8, 4) is 5.88 Å². The van der Waals surface area contributed by atoms with E-state index in [9.17, 15) is 0 Å². The molecule has 3 nitrogen and oxygen atoms in total. The summed E-state index contributed by atoms with van der Waals surface area (Å²) < 4.78 is 6.65. The maximum Gasteiger partial charge on any atom is 0.217 e. The van der Waals surface area contributed by atoms with Gasteiger partial charge in [0.2, 0.25) is 5.88 Å². The maximum absolute atomic E-state index is 5.81. The fraction of sp³-hybridized carbons (Fsp3) is 0.692. The van der Waals surface area contributed by atoms with Gasteiger partial charge in [-0.05, 0) is 47.5 Å². The molecule has 0 radical (unpaired) electrons. The zero-order valence-corrected chi connectivity index (χ0v) is 11.4. The normalized spacial score (nSPS) is 20.8. The van der Waals surface area contributed by atoms with Crippen LogP contribution < -0.4 is 4.74 Å². The minimum Gasteiger partial charge on any atom is -0.477 e. The van der Waals surface area contributed by atoms with E-state index >= 15 is 0 Å². The molecule has 1 aromatic heterocycles. The van der Waals surface area contributed by atoms with Crippen LogP contribution in [0.4, 0.5) is 0 Å². The van der Waals surface area contributed by atoms with Gasteiger partial charge in [-0.3, -0.25) is 0 Å². The van der Waals surface area contributed by atoms with Crippen molar-refractivity contribution < 1.29 is 4.74 Å². The summed E-state index contributed by atoms with van der Waals surface area (Å²) >= 11 is 3.43. The zero-order valence-electron chi connectivity index (χ0n) is 9.86. The highest BCUT2D eigenvalue weighted by Crippen LogP contribution is 2.39. The van der Waals surface area contributed by atoms with Gasteiger partial charge in [-0.2, -0.15) is 4.98 Å². The Balaban J connectivity index is 1.64. The standard InChI is InChI=1S/C13H17BrN2O/c14-11-7-12(16-13(15-11)10-5-6-10)17-8-9-3-1-2-4-9/h7,9-10H,1-6,8H2. The van der Waals surface area contributed by atoms with E-state index in [1.54, 1.807) is 0 Å². The lowest BCUT2D eigenvalue weighted by Gasteiger charge is -2.11. The molecule has 4 heteroatoms. The number of rotatable bonds is 4. The van der Waals surface area contributed by atoms with Crippen LogP contribution in [0.5, 0.6) is 5.88 Å². The number of hydrogen-bond acceptors (Lipinski definition) is 3. The van der Waals surface area contributed by atoms with Crippen molar-refractivity contribution in [2.45, 2.75) is 44.4 Å². The van der Waals surface area contributed by atoms with E-state index in [1.807, 2.05) is 6.07 Å². The van der Waals surface area contributed by atoms with Crippen molar-refractivity contribution in [1.82, 2.24) is 9.97 Å². The van der Waals surface area contributed by atoms with Gasteiger partial charge in [0.05, 0.1) is 6.61 Å². The number of hydrogen-bond donors (Lipinski definition) is 0. The summed E-state index contributed by atoms with van der Waals surface area (Å²) in [6.45, 7) is 0.813. The highest BCUT2D eigenvalue weighted by Gasteiger charge is 2.27. The summed E-state index contributed by atoms with van der Waals surface area (Å²) in [5.41, 5.74) is 0. The lowest BCUT2D eigenvalue weighted by molar-refractivity contribution is 0.242. The van der Waals surface area contributed by atoms with Crippen LogP contribution in [0.15, 0.2) is 10.7 Å². The molecule has 0 amide bonds. The van der Waals surface area contributed by atoms with Gasteiger partial charge in [-0.1, -0.05) is 12.8 Å². The second-order valence-corrected chi connectivity index (χ2v) is 5.94. The Labute approximate surface area is 110 Å². The molecular formula is C13H17BrN2O. The average Bonchev–Trinajstić information content (AvgIpc) is 3.04. The minimum absolute atomic E-state index is 0.571. The summed E-state index contributed by atoms with van der Waals surface area (Å²) in [5, 5.41) is 0. The summed E-state index contributed by atoms with van der Waals surface area (Å²) in [5.74, 6) is 2.98. The Morgan fingerprint density at radius 2 is 1.94 bits per heavy atom. The first-order chi connectivity index (χ1) is 8.31. The Bertz CT molecular complexity index is 400. The molecule has 3 rings (SSSR count). The van der Waals surface area contributed by atoms with Crippen molar-refractivity contribution in [2.24, 2.45) is 5.92 Å². The van der Waals surface area contributed by atoms with Crippen LogP contribution >= 0.6 is 15.9 Å². The van der Waals surface area contributed by atoms with Gasteiger partial charge in [0, 0.05) is 12.0 Å². The third-order valence-corrected chi connectivity index (χ3v) is 3.98. The van der Waals surface area contributed by atoms with Gasteiger partial charge < -0.3 is 4.74 Å². The van der Waals surface area contributed by atoms with Crippen LogP contribution in [0.3, 0.4) is 0 Å². The molecular weight excluding hydrogens is 280 g/mol. The van der Waals surface area contributed by atoms with E-state index in [0.29, 0.717) is 5.92 Å². The quantitative estimate of drug-likeness (QED) is 0.795. The Hall–Kier alpha value is -0.640. The molecule has 2 fully saturated rings. The van der Waals surface area contributed by atoms with Gasteiger partial charge in [0.15, 0.2) is 0 Å². The highest BCUT2D eigenvalue weighted by molar-refractivity contribution is 9.10. The minimum atomic E-state index is 0.571. The summed E-state index contributed by atoms with van der Waals surface area (Å²) in [6.07, 6.45) is 7.77. The van der Waals surface area contributed by atoms with Crippen LogP contribution in [0.1, 0.15) is 50.3 Å². The first-order valence-corrected chi connectivity index (χ1v) is 7.28. The first-order valence-electron chi connectivity index (χ1n) is 6.48. The first kappa shape index (κ1) is 11.5. The van der Waals surface area contributed by atoms with E-state index < -0.39 is 0 Å². The SMILES string of the molecule is Brc1cc(OCC2CCCC2)nc(C2CC2)n1. The van der Waals surface area contributed by atoms with Crippen LogP contribution in [-0.4, -0.2) is 16.6 Å². The molecule has 2 aliphatic carbocycles. The molecule has 1 heterocycles. The molecule has 0 aromatic carbocycles. The van der Waals surface area contributed by atoms with Crippen molar-refractivity contribution >= 4 is 15.9 Å². The second kappa shape index (κ2) is 4.92. The van der Waals surface area contributed by atoms with Crippen LogP contribution in [-0.2, 0) is 0 Å². The van der Waals surface area contributed by atoms with E-state index in [0.717, 1.165) is 28.8 Å². The fourth-order valence-corrected chi connectivity index (χ4v) is 2.77. The molecule has 0 aliphatic heterocycles. The number of ether oxygens (including phenoxy) is 1. The third kappa shape index (κ3) is 2.97. The smallest absolute Gasteiger partial charge is 0.217 e. The predicted octanol–water partition coefficient (Wildman–Crippen LogP) is 3.69. The van der Waals surface area contributed by atoms with Gasteiger partial charge in [0.25, 0.3) is 0 Å².